The molecule has 1 saturated heterocycles. The number of H-pyrrole nitrogens is 1. The first-order valence-electron chi connectivity index (χ1n) is 9.52. The molecule has 4 rings (SSSR count). The first-order chi connectivity index (χ1) is 14.5. The van der Waals surface area contributed by atoms with Crippen LogP contribution in [-0.2, 0) is 11.3 Å². The Morgan fingerprint density at radius 1 is 1.20 bits per heavy atom. The van der Waals surface area contributed by atoms with Gasteiger partial charge in [0.1, 0.15) is 17.9 Å². The summed E-state index contributed by atoms with van der Waals surface area (Å²) in [5.41, 5.74) is -0.966. The molecule has 1 aromatic heterocycles. The highest BCUT2D eigenvalue weighted by atomic mass is 16.5. The van der Waals surface area contributed by atoms with Crippen LogP contribution in [0.2, 0.25) is 0 Å². The largest absolute Gasteiger partial charge is 0.394 e. The Bertz CT molecular complexity index is 1200. The summed E-state index contributed by atoms with van der Waals surface area (Å²) in [6.45, 7) is -0.206. The first-order valence-corrected chi connectivity index (χ1v) is 9.52. The molecule has 1 amide bonds. The zero-order valence-corrected chi connectivity index (χ0v) is 15.9. The van der Waals surface area contributed by atoms with E-state index in [1.807, 2.05) is 42.5 Å². The number of ether oxygens (including phenoxy) is 1. The quantitative estimate of drug-likeness (QED) is 0.476. The van der Waals surface area contributed by atoms with Gasteiger partial charge in [-0.1, -0.05) is 36.4 Å². The summed E-state index contributed by atoms with van der Waals surface area (Å²) in [6.07, 6.45) is -1.51. The highest BCUT2D eigenvalue weighted by Gasteiger charge is 2.35. The first kappa shape index (κ1) is 20.0. The van der Waals surface area contributed by atoms with E-state index in [0.717, 1.165) is 27.1 Å². The van der Waals surface area contributed by atoms with E-state index < -0.39 is 42.2 Å². The zero-order valence-electron chi connectivity index (χ0n) is 15.9. The Kier molecular flexibility index (Phi) is 5.49. The molecular formula is C21H21N3O6. The molecule has 4 N–H and O–H groups in total. The number of benzene rings is 2. The SMILES string of the molecule is O=C(NCc1ccc2ccccc2c1)c1cn(C2CC(O)C(CO)O2)c(=O)[nH]c1=O. The van der Waals surface area contributed by atoms with E-state index in [-0.39, 0.29) is 18.5 Å². The zero-order chi connectivity index (χ0) is 21.3. The smallest absolute Gasteiger partial charge is 0.330 e. The third kappa shape index (κ3) is 3.90. The summed E-state index contributed by atoms with van der Waals surface area (Å²) in [5, 5.41) is 23.9. The second kappa shape index (κ2) is 8.23. The maximum atomic E-state index is 12.6. The molecule has 2 heterocycles. The Labute approximate surface area is 170 Å². The number of carbonyl (C=O) groups excluding carboxylic acids is 1. The summed E-state index contributed by atoms with van der Waals surface area (Å²) >= 11 is 0. The number of aliphatic hydroxyl groups excluding tert-OH is 2. The number of fused-ring (bicyclic) bond motifs is 1. The Morgan fingerprint density at radius 3 is 2.70 bits per heavy atom. The van der Waals surface area contributed by atoms with Crippen LogP contribution in [0.4, 0.5) is 0 Å². The molecule has 2 aromatic carbocycles. The number of rotatable bonds is 5. The molecule has 0 radical (unpaired) electrons. The number of aliphatic hydroxyl groups is 2. The fourth-order valence-electron chi connectivity index (χ4n) is 3.54. The van der Waals surface area contributed by atoms with Crippen molar-refractivity contribution in [2.45, 2.75) is 31.4 Å². The lowest BCUT2D eigenvalue weighted by Gasteiger charge is -2.15. The summed E-state index contributed by atoms with van der Waals surface area (Å²) in [6, 6.07) is 13.6. The predicted octanol–water partition coefficient (Wildman–Crippen LogP) is 0.260. The average Bonchev–Trinajstić information content (AvgIpc) is 3.12. The number of carbonyl (C=O) groups is 1. The Hall–Kier alpha value is -3.27. The summed E-state index contributed by atoms with van der Waals surface area (Å²) in [7, 11) is 0. The van der Waals surface area contributed by atoms with Crippen LogP contribution in [0.3, 0.4) is 0 Å². The van der Waals surface area contributed by atoms with Crippen LogP contribution in [0.25, 0.3) is 10.8 Å². The minimum atomic E-state index is -0.955. The molecule has 0 saturated carbocycles. The van der Waals surface area contributed by atoms with Crippen molar-refractivity contribution in [3.63, 3.8) is 0 Å². The van der Waals surface area contributed by atoms with Gasteiger partial charge in [0.2, 0.25) is 0 Å². The van der Waals surface area contributed by atoms with Crippen molar-refractivity contribution in [2.75, 3.05) is 6.61 Å². The topological polar surface area (TPSA) is 134 Å². The lowest BCUT2D eigenvalue weighted by Crippen LogP contribution is -2.38. The molecule has 1 aliphatic rings. The van der Waals surface area contributed by atoms with Gasteiger partial charge in [-0.2, -0.15) is 0 Å². The van der Waals surface area contributed by atoms with Crippen molar-refractivity contribution in [1.29, 1.82) is 0 Å². The van der Waals surface area contributed by atoms with Gasteiger partial charge in [-0.3, -0.25) is 19.1 Å². The van der Waals surface area contributed by atoms with E-state index in [1.54, 1.807) is 0 Å². The van der Waals surface area contributed by atoms with Crippen LogP contribution in [0.5, 0.6) is 0 Å². The second-order valence-corrected chi connectivity index (χ2v) is 7.19. The number of amides is 1. The maximum Gasteiger partial charge on any atom is 0.330 e. The molecule has 30 heavy (non-hydrogen) atoms. The number of aromatic nitrogens is 2. The fraction of sp³-hybridized carbons (Fsp3) is 0.286. The second-order valence-electron chi connectivity index (χ2n) is 7.19. The third-order valence-corrected chi connectivity index (χ3v) is 5.17. The molecule has 3 atom stereocenters. The number of nitrogens with one attached hydrogen (secondary N) is 2. The van der Waals surface area contributed by atoms with Crippen molar-refractivity contribution in [3.8, 4) is 0 Å². The van der Waals surface area contributed by atoms with E-state index in [9.17, 15) is 24.6 Å². The molecule has 3 unspecified atom stereocenters. The fourth-order valence-corrected chi connectivity index (χ4v) is 3.54. The summed E-state index contributed by atoms with van der Waals surface area (Å²) < 4.78 is 6.49. The van der Waals surface area contributed by atoms with E-state index in [4.69, 9.17) is 4.74 Å². The van der Waals surface area contributed by atoms with Crippen LogP contribution < -0.4 is 16.6 Å². The summed E-state index contributed by atoms with van der Waals surface area (Å²) in [5.74, 6) is -0.643. The van der Waals surface area contributed by atoms with Gasteiger partial charge in [0.25, 0.3) is 11.5 Å². The molecule has 0 spiro atoms. The maximum absolute atomic E-state index is 12.6. The molecule has 9 nitrogen and oxygen atoms in total. The van der Waals surface area contributed by atoms with E-state index in [2.05, 4.69) is 10.3 Å². The monoisotopic (exact) mass is 411 g/mol. The standard InChI is InChI=1S/C21H21N3O6/c25-11-17-16(26)8-18(30-17)24-10-15(20(28)23-21(24)29)19(27)22-9-12-5-6-13-3-1-2-4-14(13)7-12/h1-7,10,16-18,25-26H,8-9,11H2,(H,22,27)(H,23,28,29). The van der Waals surface area contributed by atoms with Crippen molar-refractivity contribution < 1.29 is 19.7 Å². The lowest BCUT2D eigenvalue weighted by atomic mass is 10.1. The molecule has 0 aliphatic carbocycles. The van der Waals surface area contributed by atoms with Gasteiger partial charge >= 0.3 is 5.69 Å². The number of nitrogens with zero attached hydrogens (tertiary/aromatic N) is 1. The highest BCUT2D eigenvalue weighted by molar-refractivity contribution is 5.93. The van der Waals surface area contributed by atoms with E-state index in [1.165, 1.54) is 0 Å². The van der Waals surface area contributed by atoms with Gasteiger partial charge in [0.15, 0.2) is 0 Å². The minimum absolute atomic E-state index is 0.0509. The molecular weight excluding hydrogens is 390 g/mol. The highest BCUT2D eigenvalue weighted by Crippen LogP contribution is 2.27. The van der Waals surface area contributed by atoms with Crippen LogP contribution in [0.15, 0.2) is 58.3 Å². The number of aromatic amines is 1. The van der Waals surface area contributed by atoms with Crippen LogP contribution in [-0.4, -0.2) is 44.5 Å². The molecule has 3 aromatic rings. The van der Waals surface area contributed by atoms with Gasteiger partial charge in [0, 0.05) is 19.2 Å². The van der Waals surface area contributed by atoms with Crippen molar-refractivity contribution in [2.24, 2.45) is 0 Å². The van der Waals surface area contributed by atoms with Gasteiger partial charge in [-0.05, 0) is 22.4 Å². The number of hydrogen-bond acceptors (Lipinski definition) is 6. The molecule has 1 fully saturated rings. The van der Waals surface area contributed by atoms with Gasteiger partial charge in [0.05, 0.1) is 12.7 Å². The summed E-state index contributed by atoms with van der Waals surface area (Å²) in [4.78, 5) is 39.0. The average molecular weight is 411 g/mol. The third-order valence-electron chi connectivity index (χ3n) is 5.17. The Morgan fingerprint density at radius 2 is 1.97 bits per heavy atom. The molecule has 9 heteroatoms. The minimum Gasteiger partial charge on any atom is -0.394 e. The van der Waals surface area contributed by atoms with Crippen molar-refractivity contribution in [1.82, 2.24) is 14.9 Å². The number of hydrogen-bond donors (Lipinski definition) is 4. The molecule has 0 bridgehead atoms. The van der Waals surface area contributed by atoms with Crippen LogP contribution in [0.1, 0.15) is 28.6 Å². The van der Waals surface area contributed by atoms with E-state index in [0.29, 0.717) is 0 Å². The Balaban J connectivity index is 1.53. The van der Waals surface area contributed by atoms with Crippen molar-refractivity contribution in [3.05, 3.63) is 80.6 Å². The van der Waals surface area contributed by atoms with E-state index >= 15 is 0 Å². The van der Waals surface area contributed by atoms with Crippen LogP contribution >= 0.6 is 0 Å². The molecule has 1 aliphatic heterocycles. The lowest BCUT2D eigenvalue weighted by molar-refractivity contribution is -0.0459. The molecule has 156 valence electrons. The predicted molar refractivity (Wildman–Crippen MR) is 108 cm³/mol. The van der Waals surface area contributed by atoms with Crippen LogP contribution in [0, 0.1) is 0 Å². The van der Waals surface area contributed by atoms with Crippen molar-refractivity contribution >= 4 is 16.7 Å². The van der Waals surface area contributed by atoms with Gasteiger partial charge < -0.3 is 20.3 Å². The normalized spacial score (nSPS) is 21.1. The van der Waals surface area contributed by atoms with Gasteiger partial charge in [-0.15, -0.1) is 0 Å². The van der Waals surface area contributed by atoms with Gasteiger partial charge in [-0.25, -0.2) is 4.79 Å².